The Morgan fingerprint density at radius 2 is 1.07 bits per heavy atom. The Hall–Kier alpha value is -1.17. The molecule has 30 heavy (non-hydrogen) atoms. The van der Waals surface area contributed by atoms with E-state index >= 15 is 0 Å². The molecule has 0 aliphatic rings. The Labute approximate surface area is 179 Å². The van der Waals surface area contributed by atoms with Crippen LogP contribution in [-0.2, 0) is 38.0 Å². The lowest BCUT2D eigenvalue weighted by molar-refractivity contribution is -0.122. The minimum Gasteiger partial charge on any atom is -0.377 e. The van der Waals surface area contributed by atoms with Crippen LogP contribution in [0.5, 0.6) is 0 Å². The summed E-state index contributed by atoms with van der Waals surface area (Å²) in [5.41, 5.74) is 0. The number of carbonyl (C=O) groups excluding carboxylic acids is 2. The highest BCUT2D eigenvalue weighted by Crippen LogP contribution is 1.91. The van der Waals surface area contributed by atoms with E-state index in [0.717, 1.165) is 0 Å². The second-order valence-corrected chi connectivity index (χ2v) is 5.81. The Morgan fingerprint density at radius 3 is 1.43 bits per heavy atom. The van der Waals surface area contributed by atoms with Gasteiger partial charge in [-0.3, -0.25) is 9.59 Å². The zero-order valence-corrected chi connectivity index (χ0v) is 18.9. The minimum absolute atomic E-state index is 0.00719. The summed E-state index contributed by atoms with van der Waals surface area (Å²) in [7, 11) is 0. The van der Waals surface area contributed by atoms with Gasteiger partial charge in [0.25, 0.3) is 0 Å². The molecule has 0 bridgehead atoms. The molecule has 0 aromatic heterocycles. The van der Waals surface area contributed by atoms with Crippen LogP contribution in [0.4, 0.5) is 4.39 Å². The van der Waals surface area contributed by atoms with E-state index in [9.17, 15) is 14.0 Å². The molecule has 0 spiro atoms. The molecule has 10 heteroatoms. The van der Waals surface area contributed by atoms with E-state index in [2.05, 4.69) is 5.32 Å². The van der Waals surface area contributed by atoms with E-state index < -0.39 is 6.17 Å². The lowest BCUT2D eigenvalue weighted by Crippen LogP contribution is -2.30. The van der Waals surface area contributed by atoms with E-state index in [-0.39, 0.29) is 38.1 Å². The van der Waals surface area contributed by atoms with Gasteiger partial charge in [0.2, 0.25) is 5.91 Å². The highest BCUT2D eigenvalue weighted by atomic mass is 19.1. The van der Waals surface area contributed by atoms with Gasteiger partial charge >= 0.3 is 0 Å². The number of ether oxygens (including phenoxy) is 6. The number of carbonyl (C=O) groups is 2. The molecule has 0 radical (unpaired) electrons. The van der Waals surface area contributed by atoms with E-state index in [1.54, 1.807) is 0 Å². The number of Topliss-reactive ketones (excluding diaryl/α,β-unsaturated/α-hetero) is 1. The molecule has 1 atom stereocenters. The molecule has 0 fully saturated rings. The number of nitrogens with one attached hydrogen (secondary N) is 1. The van der Waals surface area contributed by atoms with Gasteiger partial charge < -0.3 is 33.7 Å². The topological polar surface area (TPSA) is 102 Å². The molecule has 0 heterocycles. The molecule has 1 amide bonds. The minimum atomic E-state index is -1.22. The maximum absolute atomic E-state index is 13.2. The molecule has 1 unspecified atom stereocenters. The first-order valence-electron chi connectivity index (χ1n) is 10.4. The van der Waals surface area contributed by atoms with Crippen molar-refractivity contribution in [3.8, 4) is 0 Å². The zero-order chi connectivity index (χ0) is 22.9. The summed E-state index contributed by atoms with van der Waals surface area (Å²) in [6.07, 6.45) is -1.22. The monoisotopic (exact) mass is 441 g/mol. The van der Waals surface area contributed by atoms with Gasteiger partial charge in [0, 0.05) is 6.92 Å². The lowest BCUT2D eigenvalue weighted by atomic mass is 10.4. The number of halogens is 1. The van der Waals surface area contributed by atoms with Crippen LogP contribution < -0.4 is 5.32 Å². The Morgan fingerprint density at radius 1 is 0.700 bits per heavy atom. The molecule has 0 aromatic carbocycles. The second-order valence-electron chi connectivity index (χ2n) is 5.81. The predicted molar refractivity (Wildman–Crippen MR) is 111 cm³/mol. The number of alkyl halides is 1. The Bertz CT molecular complexity index is 388. The van der Waals surface area contributed by atoms with E-state index in [1.807, 2.05) is 13.8 Å². The van der Waals surface area contributed by atoms with Crippen molar-refractivity contribution in [3.05, 3.63) is 0 Å². The quantitative estimate of drug-likeness (QED) is 0.265. The summed E-state index contributed by atoms with van der Waals surface area (Å²) in [6, 6.07) is 0. The van der Waals surface area contributed by atoms with Crippen molar-refractivity contribution in [2.24, 2.45) is 0 Å². The molecular formula is C20H40FNO8. The third-order valence-corrected chi connectivity index (χ3v) is 3.04. The van der Waals surface area contributed by atoms with E-state index in [0.29, 0.717) is 59.5 Å². The second kappa shape index (κ2) is 25.9. The van der Waals surface area contributed by atoms with Crippen LogP contribution in [-0.4, -0.2) is 104 Å². The maximum Gasteiger partial charge on any atom is 0.216 e. The van der Waals surface area contributed by atoms with Gasteiger partial charge in [-0.25, -0.2) is 4.39 Å². The fourth-order valence-corrected chi connectivity index (χ4v) is 1.74. The number of hydrogen-bond acceptors (Lipinski definition) is 8. The maximum atomic E-state index is 13.2. The Kier molecular flexibility index (Phi) is 26.7. The Balaban J connectivity index is 0. The van der Waals surface area contributed by atoms with Crippen LogP contribution in [0.1, 0.15) is 27.7 Å². The first-order chi connectivity index (χ1) is 14.5. The van der Waals surface area contributed by atoms with Crippen molar-refractivity contribution in [3.63, 3.8) is 0 Å². The molecule has 0 aliphatic heterocycles. The van der Waals surface area contributed by atoms with Crippen molar-refractivity contribution in [2.75, 3.05) is 85.8 Å². The van der Waals surface area contributed by atoms with Gasteiger partial charge in [-0.2, -0.15) is 0 Å². The SMILES string of the molecule is CC.CC(=O)COCCOCCOCCOCCOCCOCC(F)CNC(C)=O. The van der Waals surface area contributed by atoms with Crippen LogP contribution in [0.25, 0.3) is 0 Å². The third kappa shape index (κ3) is 29.0. The molecule has 0 aliphatic carbocycles. The van der Waals surface area contributed by atoms with Crippen molar-refractivity contribution < 1.29 is 42.4 Å². The molecular weight excluding hydrogens is 401 g/mol. The summed E-state index contributed by atoms with van der Waals surface area (Å²) in [4.78, 5) is 21.3. The lowest BCUT2D eigenvalue weighted by Gasteiger charge is -2.10. The van der Waals surface area contributed by atoms with Crippen molar-refractivity contribution in [1.82, 2.24) is 5.32 Å². The molecule has 9 nitrogen and oxygen atoms in total. The van der Waals surface area contributed by atoms with Gasteiger partial charge in [0.1, 0.15) is 12.8 Å². The van der Waals surface area contributed by atoms with Crippen molar-refractivity contribution in [1.29, 1.82) is 0 Å². The molecule has 180 valence electrons. The summed E-state index contributed by atoms with van der Waals surface area (Å²) in [5, 5.41) is 2.38. The zero-order valence-electron chi connectivity index (χ0n) is 18.9. The molecule has 1 N–H and O–H groups in total. The van der Waals surface area contributed by atoms with Crippen LogP contribution in [0.15, 0.2) is 0 Å². The first-order valence-corrected chi connectivity index (χ1v) is 10.4. The van der Waals surface area contributed by atoms with Crippen LogP contribution in [0.2, 0.25) is 0 Å². The summed E-state index contributed by atoms with van der Waals surface area (Å²) in [6.45, 7) is 10.9. The highest BCUT2D eigenvalue weighted by molar-refractivity contribution is 5.76. The average Bonchev–Trinajstić information content (AvgIpc) is 2.72. The van der Waals surface area contributed by atoms with Gasteiger partial charge in [-0.05, 0) is 6.92 Å². The normalized spacial score (nSPS) is 11.5. The fraction of sp³-hybridized carbons (Fsp3) is 0.900. The molecule has 0 rings (SSSR count). The third-order valence-electron chi connectivity index (χ3n) is 3.04. The first kappa shape index (κ1) is 31.0. The smallest absolute Gasteiger partial charge is 0.216 e. The molecule has 0 saturated carbocycles. The summed E-state index contributed by atoms with van der Waals surface area (Å²) < 4.78 is 44.6. The van der Waals surface area contributed by atoms with E-state index in [1.165, 1.54) is 13.8 Å². The van der Waals surface area contributed by atoms with Gasteiger partial charge in [-0.1, -0.05) is 13.8 Å². The van der Waals surface area contributed by atoms with Gasteiger partial charge in [0.15, 0.2) is 5.78 Å². The van der Waals surface area contributed by atoms with Crippen LogP contribution >= 0.6 is 0 Å². The number of amides is 1. The summed E-state index contributed by atoms with van der Waals surface area (Å²) in [5.74, 6) is -0.274. The predicted octanol–water partition coefficient (Wildman–Crippen LogP) is 1.18. The standard InChI is InChI=1S/C18H34FNO8.C2H6/c1-16(21)14-27-11-9-25-7-5-23-3-4-24-6-8-26-10-12-28-15-18(19)13-20-17(2)22;1-2/h18H,3-15H2,1-2H3,(H,20,22);1-2H3. The van der Waals surface area contributed by atoms with Crippen LogP contribution in [0.3, 0.4) is 0 Å². The van der Waals surface area contributed by atoms with Gasteiger partial charge in [-0.15, -0.1) is 0 Å². The van der Waals surface area contributed by atoms with Crippen LogP contribution in [0, 0.1) is 0 Å². The average molecular weight is 442 g/mol. The van der Waals surface area contributed by atoms with Crippen molar-refractivity contribution in [2.45, 2.75) is 33.9 Å². The number of ketones is 1. The molecule has 0 aromatic rings. The molecule has 0 saturated heterocycles. The summed E-state index contributed by atoms with van der Waals surface area (Å²) >= 11 is 0. The largest absolute Gasteiger partial charge is 0.377 e. The highest BCUT2D eigenvalue weighted by Gasteiger charge is 2.06. The van der Waals surface area contributed by atoms with Gasteiger partial charge in [0.05, 0.1) is 79.2 Å². The number of hydrogen-bond donors (Lipinski definition) is 1. The van der Waals surface area contributed by atoms with E-state index in [4.69, 9.17) is 28.4 Å². The fourth-order valence-electron chi connectivity index (χ4n) is 1.74. The van der Waals surface area contributed by atoms with Crippen molar-refractivity contribution >= 4 is 11.7 Å². The number of rotatable bonds is 21.